The summed E-state index contributed by atoms with van der Waals surface area (Å²) >= 11 is 0. The molecule has 0 aliphatic heterocycles. The average Bonchev–Trinajstić information content (AvgIpc) is 3.65. The van der Waals surface area contributed by atoms with Gasteiger partial charge >= 0.3 is 0 Å². The van der Waals surface area contributed by atoms with Gasteiger partial charge in [0.2, 0.25) is 0 Å². The number of hydrogen-bond acceptors (Lipinski definition) is 8. The highest BCUT2D eigenvalue weighted by Gasteiger charge is 2.14. The average molecular weight is 511 g/mol. The van der Waals surface area contributed by atoms with E-state index in [1.54, 1.807) is 53.2 Å². The number of fused-ring (bicyclic) bond motifs is 1. The second-order valence-electron chi connectivity index (χ2n) is 8.74. The number of rotatable bonds is 6. The number of hydrogen-bond donors (Lipinski definition) is 1. The van der Waals surface area contributed by atoms with Gasteiger partial charge in [-0.25, -0.2) is 14.6 Å². The summed E-state index contributed by atoms with van der Waals surface area (Å²) in [6.07, 6.45) is 18.6. The summed E-state index contributed by atoms with van der Waals surface area (Å²) in [6, 6.07) is 7.25. The highest BCUT2D eigenvalue weighted by Crippen LogP contribution is 2.26. The molecule has 10 heteroatoms. The van der Waals surface area contributed by atoms with Crippen LogP contribution in [0.2, 0.25) is 0 Å². The maximum atomic E-state index is 9.14. The fraction of sp³-hybridized carbons (Fsp3) is 0.393. The molecule has 10 nitrogen and oxygen atoms in total. The van der Waals surface area contributed by atoms with Gasteiger partial charge in [-0.2, -0.15) is 20.3 Å². The van der Waals surface area contributed by atoms with Crippen molar-refractivity contribution in [3.05, 3.63) is 61.3 Å². The molecular weight excluding hydrogens is 476 g/mol. The molecule has 38 heavy (non-hydrogen) atoms. The Balaban J connectivity index is 0.000000307. The molecule has 1 fully saturated rings. The first-order valence-corrected chi connectivity index (χ1v) is 13.0. The Morgan fingerprint density at radius 1 is 1.13 bits per heavy atom. The van der Waals surface area contributed by atoms with Crippen molar-refractivity contribution >= 4 is 16.7 Å². The minimum Gasteiger partial charge on any atom is -0.368 e. The topological polar surface area (TPSA) is 134 Å². The van der Waals surface area contributed by atoms with Gasteiger partial charge in [0.05, 0.1) is 42.1 Å². The van der Waals surface area contributed by atoms with Crippen molar-refractivity contribution in [1.29, 1.82) is 10.5 Å². The van der Waals surface area contributed by atoms with Gasteiger partial charge in [0.15, 0.2) is 11.5 Å². The largest absolute Gasteiger partial charge is 0.368 e. The third-order valence-corrected chi connectivity index (χ3v) is 6.08. The highest BCUT2D eigenvalue weighted by atomic mass is 15.4. The zero-order valence-corrected chi connectivity index (χ0v) is 22.2. The SMILES string of the molecule is C=CCC1CCCCC1.CC.C[C@H](C#N)Nc1cc(-n2ncc3cc(C#N)cnc32)ncc1-n1ccnn1. The summed E-state index contributed by atoms with van der Waals surface area (Å²) < 4.78 is 3.13. The number of nitrogens with zero attached hydrogens (tertiary/aromatic N) is 9. The van der Waals surface area contributed by atoms with Crippen LogP contribution >= 0.6 is 0 Å². The van der Waals surface area contributed by atoms with E-state index in [-0.39, 0.29) is 0 Å². The van der Waals surface area contributed by atoms with Crippen LogP contribution in [0.4, 0.5) is 5.69 Å². The minimum absolute atomic E-state index is 0.423. The van der Waals surface area contributed by atoms with Gasteiger partial charge in [-0.05, 0) is 25.3 Å². The van der Waals surface area contributed by atoms with Crippen LogP contribution in [0.3, 0.4) is 0 Å². The summed E-state index contributed by atoms with van der Waals surface area (Å²) in [7, 11) is 0. The Morgan fingerprint density at radius 3 is 2.58 bits per heavy atom. The maximum Gasteiger partial charge on any atom is 0.164 e. The van der Waals surface area contributed by atoms with Crippen molar-refractivity contribution < 1.29 is 0 Å². The van der Waals surface area contributed by atoms with E-state index in [9.17, 15) is 0 Å². The quantitative estimate of drug-likeness (QED) is 0.324. The molecule has 4 aromatic heterocycles. The van der Waals surface area contributed by atoms with Crippen molar-refractivity contribution in [1.82, 2.24) is 34.7 Å². The van der Waals surface area contributed by atoms with E-state index in [4.69, 9.17) is 10.5 Å². The molecule has 1 saturated carbocycles. The van der Waals surface area contributed by atoms with Crippen molar-refractivity contribution in [3.8, 4) is 23.6 Å². The highest BCUT2D eigenvalue weighted by molar-refractivity contribution is 5.77. The van der Waals surface area contributed by atoms with E-state index in [2.05, 4.69) is 55.5 Å². The fourth-order valence-electron chi connectivity index (χ4n) is 4.26. The first-order chi connectivity index (χ1) is 18.6. The third-order valence-electron chi connectivity index (χ3n) is 6.08. The standard InChI is InChI=1S/C17H12N10.C9H16.C2H6/c1-11(6-18)24-14-5-16(20-10-15(14)26-3-2-22-25-26)27-17-13(9-23-27)4-12(7-19)8-21-17;1-2-6-9-7-4-3-5-8-9;1-2/h2-5,8-11H,1H3,(H,20,24);2,9H,1,3-8H2;1-2H3/t11-;;/m1../s1. The molecule has 4 aromatic rings. The monoisotopic (exact) mass is 510 g/mol. The molecule has 0 saturated heterocycles. The summed E-state index contributed by atoms with van der Waals surface area (Å²) in [5.41, 5.74) is 2.34. The van der Waals surface area contributed by atoms with Gasteiger partial charge in [-0.3, -0.25) is 0 Å². The second kappa shape index (κ2) is 14.2. The lowest BCUT2D eigenvalue weighted by Gasteiger charge is -2.19. The number of anilines is 1. The van der Waals surface area contributed by atoms with Crippen molar-refractivity contribution in [2.75, 3.05) is 5.32 Å². The number of aromatic nitrogens is 7. The van der Waals surface area contributed by atoms with Crippen LogP contribution in [0.1, 0.15) is 64.9 Å². The first kappa shape index (κ1) is 28.0. The molecule has 0 bridgehead atoms. The molecule has 1 atom stereocenters. The molecule has 1 aliphatic carbocycles. The Bertz CT molecular complexity index is 1390. The Kier molecular flexibility index (Phi) is 10.5. The molecule has 196 valence electrons. The number of nitrogens with one attached hydrogen (secondary N) is 1. The van der Waals surface area contributed by atoms with Crippen LogP contribution in [-0.4, -0.2) is 40.8 Å². The maximum absolute atomic E-state index is 9.14. The Labute approximate surface area is 223 Å². The van der Waals surface area contributed by atoms with Crippen LogP contribution in [0.25, 0.3) is 22.5 Å². The van der Waals surface area contributed by atoms with Crippen molar-refractivity contribution in [2.45, 2.75) is 65.3 Å². The summed E-state index contributed by atoms with van der Waals surface area (Å²) in [5.74, 6) is 1.50. The van der Waals surface area contributed by atoms with E-state index in [1.807, 2.05) is 13.8 Å². The van der Waals surface area contributed by atoms with Gasteiger partial charge < -0.3 is 5.32 Å². The van der Waals surface area contributed by atoms with Crippen molar-refractivity contribution in [3.63, 3.8) is 0 Å². The van der Waals surface area contributed by atoms with E-state index in [1.165, 1.54) is 44.7 Å². The fourth-order valence-corrected chi connectivity index (χ4v) is 4.26. The third kappa shape index (κ3) is 7.01. The molecule has 5 rings (SSSR count). The van der Waals surface area contributed by atoms with Gasteiger partial charge in [-0.15, -0.1) is 11.7 Å². The molecule has 0 aromatic carbocycles. The Morgan fingerprint density at radius 2 is 1.92 bits per heavy atom. The number of pyridine rings is 2. The lowest BCUT2D eigenvalue weighted by molar-refractivity contribution is 0.361. The first-order valence-electron chi connectivity index (χ1n) is 13.0. The van der Waals surface area contributed by atoms with Crippen molar-refractivity contribution in [2.24, 2.45) is 5.92 Å². The van der Waals surface area contributed by atoms with Crippen LogP contribution in [0.5, 0.6) is 0 Å². The Hall–Kier alpha value is -4.57. The van der Waals surface area contributed by atoms with E-state index < -0.39 is 6.04 Å². The predicted octanol–water partition coefficient (Wildman–Crippen LogP) is 5.76. The molecule has 0 radical (unpaired) electrons. The molecule has 0 amide bonds. The van der Waals surface area contributed by atoms with Gasteiger partial charge in [-0.1, -0.05) is 57.2 Å². The lowest BCUT2D eigenvalue weighted by Crippen LogP contribution is -2.15. The van der Waals surface area contributed by atoms with Crippen LogP contribution in [0, 0.1) is 28.6 Å². The van der Waals surface area contributed by atoms with E-state index >= 15 is 0 Å². The molecule has 0 spiro atoms. The zero-order valence-electron chi connectivity index (χ0n) is 22.2. The van der Waals surface area contributed by atoms with Crippen LogP contribution in [-0.2, 0) is 0 Å². The van der Waals surface area contributed by atoms with Gasteiger partial charge in [0.25, 0.3) is 0 Å². The smallest absolute Gasteiger partial charge is 0.164 e. The normalized spacial score (nSPS) is 13.6. The molecule has 1 aliphatic rings. The van der Waals surface area contributed by atoms with Gasteiger partial charge in [0.1, 0.15) is 17.8 Å². The van der Waals surface area contributed by atoms with Crippen LogP contribution in [0.15, 0.2) is 55.8 Å². The number of allylic oxidation sites excluding steroid dienone is 1. The predicted molar refractivity (Wildman–Crippen MR) is 148 cm³/mol. The van der Waals surface area contributed by atoms with E-state index in [0.717, 1.165) is 11.3 Å². The molecule has 1 N–H and O–H groups in total. The lowest BCUT2D eigenvalue weighted by atomic mass is 9.87. The summed E-state index contributed by atoms with van der Waals surface area (Å²) in [6.45, 7) is 9.50. The van der Waals surface area contributed by atoms with Crippen LogP contribution < -0.4 is 5.32 Å². The summed E-state index contributed by atoms with van der Waals surface area (Å²) in [4.78, 5) is 8.75. The molecular formula is C28H34N10. The zero-order chi connectivity index (χ0) is 27.3. The van der Waals surface area contributed by atoms with E-state index in [0.29, 0.717) is 28.4 Å². The minimum atomic E-state index is -0.423. The number of nitriles is 2. The second-order valence-corrected chi connectivity index (χ2v) is 8.74. The van der Waals surface area contributed by atoms with Gasteiger partial charge in [0, 0.05) is 17.6 Å². The summed E-state index contributed by atoms with van der Waals surface area (Å²) in [5, 5.41) is 34.1. The molecule has 4 heterocycles. The molecule has 0 unspecified atom stereocenters.